The van der Waals surface area contributed by atoms with Crippen LogP contribution in [0.25, 0.3) is 0 Å². The minimum Gasteiger partial charge on any atom is -0.396 e. The monoisotopic (exact) mass is 236 g/mol. The zero-order chi connectivity index (χ0) is 11.5. The van der Waals surface area contributed by atoms with Crippen LogP contribution in [-0.4, -0.2) is 47.6 Å². The molecule has 3 nitrogen and oxygen atoms in total. The molecule has 0 aliphatic carbocycles. The Bertz CT molecular complexity index is 133. The van der Waals surface area contributed by atoms with E-state index >= 15 is 0 Å². The first-order chi connectivity index (χ1) is 7.20. The summed E-state index contributed by atoms with van der Waals surface area (Å²) in [5.74, 6) is 1.89. The molecular formula is C11H24O3S. The molecule has 2 unspecified atom stereocenters. The van der Waals surface area contributed by atoms with Crippen molar-refractivity contribution in [3.8, 4) is 0 Å². The third-order valence-corrected chi connectivity index (χ3v) is 3.40. The predicted molar refractivity (Wildman–Crippen MR) is 65.3 cm³/mol. The molecule has 92 valence electrons. The molecule has 0 fully saturated rings. The molecule has 0 bridgehead atoms. The van der Waals surface area contributed by atoms with E-state index in [9.17, 15) is 5.11 Å². The molecule has 0 aliphatic heterocycles. The van der Waals surface area contributed by atoms with Crippen LogP contribution in [0, 0.1) is 5.92 Å². The maximum Gasteiger partial charge on any atom is 0.0863 e. The predicted octanol–water partition coefficient (Wildman–Crippen LogP) is 1.53. The molecule has 0 aliphatic rings. The number of ether oxygens (including phenoxy) is 1. The van der Waals surface area contributed by atoms with Crippen molar-refractivity contribution < 1.29 is 14.9 Å². The van der Waals surface area contributed by atoms with Gasteiger partial charge in [-0.25, -0.2) is 0 Å². The molecule has 0 aromatic carbocycles. The van der Waals surface area contributed by atoms with Gasteiger partial charge in [0.25, 0.3) is 0 Å². The van der Waals surface area contributed by atoms with Crippen molar-refractivity contribution in [3.05, 3.63) is 0 Å². The smallest absolute Gasteiger partial charge is 0.0863 e. The summed E-state index contributed by atoms with van der Waals surface area (Å²) in [7, 11) is 0. The summed E-state index contributed by atoms with van der Waals surface area (Å²) in [6, 6.07) is 0. The number of hydrogen-bond acceptors (Lipinski definition) is 4. The van der Waals surface area contributed by atoms with E-state index in [1.54, 1.807) is 11.8 Å². The quantitative estimate of drug-likeness (QED) is 0.565. The van der Waals surface area contributed by atoms with Crippen LogP contribution < -0.4 is 0 Å². The van der Waals surface area contributed by atoms with Gasteiger partial charge >= 0.3 is 0 Å². The van der Waals surface area contributed by atoms with Gasteiger partial charge in [-0.05, 0) is 18.1 Å². The third kappa shape index (κ3) is 10.5. The minimum atomic E-state index is -0.377. The fraction of sp³-hybridized carbons (Fsp3) is 1.00. The highest BCUT2D eigenvalue weighted by molar-refractivity contribution is 7.99. The van der Waals surface area contributed by atoms with Crippen molar-refractivity contribution in [2.45, 2.75) is 32.8 Å². The van der Waals surface area contributed by atoms with Crippen molar-refractivity contribution >= 4 is 11.8 Å². The van der Waals surface area contributed by atoms with Gasteiger partial charge in [0.1, 0.15) is 0 Å². The molecule has 0 saturated heterocycles. The van der Waals surface area contributed by atoms with Gasteiger partial charge in [-0.1, -0.05) is 20.3 Å². The Kier molecular flexibility index (Phi) is 10.9. The molecule has 0 aromatic rings. The number of thioether (sulfide) groups is 1. The Hall–Kier alpha value is 0.230. The Balaban J connectivity index is 3.21. The van der Waals surface area contributed by atoms with Gasteiger partial charge in [-0.3, -0.25) is 0 Å². The molecule has 0 rings (SSSR count). The van der Waals surface area contributed by atoms with E-state index in [1.165, 1.54) is 0 Å². The summed E-state index contributed by atoms with van der Waals surface area (Å²) in [4.78, 5) is 0. The van der Waals surface area contributed by atoms with Crippen molar-refractivity contribution in [2.75, 3.05) is 31.3 Å². The van der Waals surface area contributed by atoms with Crippen molar-refractivity contribution in [1.82, 2.24) is 0 Å². The summed E-state index contributed by atoms with van der Waals surface area (Å²) < 4.78 is 5.31. The molecule has 0 radical (unpaired) electrons. The second kappa shape index (κ2) is 10.7. The van der Waals surface area contributed by atoms with Crippen LogP contribution in [0.5, 0.6) is 0 Å². The second-order valence-electron chi connectivity index (χ2n) is 3.91. The molecule has 2 N–H and O–H groups in total. The fourth-order valence-corrected chi connectivity index (χ4v) is 1.98. The van der Waals surface area contributed by atoms with Gasteiger partial charge in [0.05, 0.1) is 12.7 Å². The maximum absolute atomic E-state index is 9.53. The van der Waals surface area contributed by atoms with Crippen LogP contribution in [-0.2, 0) is 4.74 Å². The average molecular weight is 236 g/mol. The number of unbranched alkanes of at least 4 members (excludes halogenated alkanes) is 1. The zero-order valence-electron chi connectivity index (χ0n) is 9.82. The highest BCUT2D eigenvalue weighted by atomic mass is 32.2. The van der Waals surface area contributed by atoms with Crippen LogP contribution in [0.2, 0.25) is 0 Å². The molecule has 0 amide bonds. The first-order valence-electron chi connectivity index (χ1n) is 5.65. The largest absolute Gasteiger partial charge is 0.396 e. The SMILES string of the molecule is CCCCOCC(O)CSCC(C)CO. The summed E-state index contributed by atoms with van der Waals surface area (Å²) in [5.41, 5.74) is 0. The Morgan fingerprint density at radius 3 is 2.67 bits per heavy atom. The fourth-order valence-electron chi connectivity index (χ4n) is 0.972. The van der Waals surface area contributed by atoms with Crippen LogP contribution in [0.3, 0.4) is 0 Å². The summed E-state index contributed by atoms with van der Waals surface area (Å²) in [6.45, 7) is 5.50. The first kappa shape index (κ1) is 15.2. The first-order valence-corrected chi connectivity index (χ1v) is 6.80. The molecule has 4 heteroatoms. The van der Waals surface area contributed by atoms with Crippen LogP contribution >= 0.6 is 11.8 Å². The lowest BCUT2D eigenvalue weighted by molar-refractivity contribution is 0.0473. The number of rotatable bonds is 10. The van der Waals surface area contributed by atoms with Crippen molar-refractivity contribution in [2.24, 2.45) is 5.92 Å². The number of aliphatic hydroxyl groups excluding tert-OH is 2. The number of hydrogen-bond donors (Lipinski definition) is 2. The van der Waals surface area contributed by atoms with E-state index in [1.807, 2.05) is 6.92 Å². The van der Waals surface area contributed by atoms with E-state index in [-0.39, 0.29) is 12.7 Å². The molecule has 2 atom stereocenters. The van der Waals surface area contributed by atoms with Gasteiger partial charge in [0.15, 0.2) is 0 Å². The summed E-state index contributed by atoms with van der Waals surface area (Å²) in [5, 5.41) is 18.3. The van der Waals surface area contributed by atoms with Gasteiger partial charge in [0, 0.05) is 19.0 Å². The third-order valence-electron chi connectivity index (χ3n) is 1.98. The number of aliphatic hydroxyl groups is 2. The lowest BCUT2D eigenvalue weighted by atomic mass is 10.2. The lowest BCUT2D eigenvalue weighted by Gasteiger charge is -2.12. The Labute approximate surface area is 97.2 Å². The molecule has 15 heavy (non-hydrogen) atoms. The Morgan fingerprint density at radius 1 is 1.33 bits per heavy atom. The normalized spacial score (nSPS) is 15.2. The summed E-state index contributed by atoms with van der Waals surface area (Å²) >= 11 is 1.67. The van der Waals surface area contributed by atoms with Gasteiger partial charge < -0.3 is 14.9 Å². The van der Waals surface area contributed by atoms with Crippen LogP contribution in [0.1, 0.15) is 26.7 Å². The highest BCUT2D eigenvalue weighted by Crippen LogP contribution is 2.09. The van der Waals surface area contributed by atoms with Gasteiger partial charge in [0.2, 0.25) is 0 Å². The average Bonchev–Trinajstić information content (AvgIpc) is 2.24. The molecule has 0 heterocycles. The lowest BCUT2D eigenvalue weighted by Crippen LogP contribution is -2.19. The molecule has 0 saturated carbocycles. The zero-order valence-corrected chi connectivity index (χ0v) is 10.6. The highest BCUT2D eigenvalue weighted by Gasteiger charge is 2.06. The van der Waals surface area contributed by atoms with Gasteiger partial charge in [-0.15, -0.1) is 0 Å². The molecule has 0 aromatic heterocycles. The minimum absolute atomic E-state index is 0.218. The van der Waals surface area contributed by atoms with E-state index in [0.29, 0.717) is 18.3 Å². The van der Waals surface area contributed by atoms with Gasteiger partial charge in [-0.2, -0.15) is 11.8 Å². The van der Waals surface area contributed by atoms with Crippen molar-refractivity contribution in [3.63, 3.8) is 0 Å². The van der Waals surface area contributed by atoms with E-state index in [2.05, 4.69) is 6.92 Å². The van der Waals surface area contributed by atoms with Crippen molar-refractivity contribution in [1.29, 1.82) is 0 Å². The summed E-state index contributed by atoms with van der Waals surface area (Å²) in [6.07, 6.45) is 1.80. The topological polar surface area (TPSA) is 49.7 Å². The molecule has 0 spiro atoms. The Morgan fingerprint density at radius 2 is 2.07 bits per heavy atom. The van der Waals surface area contributed by atoms with Crippen LogP contribution in [0.15, 0.2) is 0 Å². The van der Waals surface area contributed by atoms with E-state index in [0.717, 1.165) is 25.2 Å². The van der Waals surface area contributed by atoms with Crippen LogP contribution in [0.4, 0.5) is 0 Å². The second-order valence-corrected chi connectivity index (χ2v) is 4.98. The van der Waals surface area contributed by atoms with E-state index < -0.39 is 0 Å². The molecular weight excluding hydrogens is 212 g/mol. The standard InChI is InChI=1S/C11H24O3S/c1-3-4-5-14-7-11(13)9-15-8-10(2)6-12/h10-13H,3-9H2,1-2H3. The van der Waals surface area contributed by atoms with E-state index in [4.69, 9.17) is 9.84 Å². The maximum atomic E-state index is 9.53.